The highest BCUT2D eigenvalue weighted by Crippen LogP contribution is 2.18. The van der Waals surface area contributed by atoms with E-state index in [4.69, 9.17) is 5.11 Å². The largest absolute Gasteiger partial charge is 0.481 e. The molecular weight excluding hydrogens is 334 g/mol. The lowest BCUT2D eigenvalue weighted by Crippen LogP contribution is -2.39. The normalized spacial score (nSPS) is 12.7. The Morgan fingerprint density at radius 1 is 1.17 bits per heavy atom. The maximum absolute atomic E-state index is 12.0. The van der Waals surface area contributed by atoms with Gasteiger partial charge >= 0.3 is 12.0 Å². The summed E-state index contributed by atoms with van der Waals surface area (Å²) in [5.41, 5.74) is 0.743. The van der Waals surface area contributed by atoms with Gasteiger partial charge in [-0.1, -0.05) is 12.1 Å². The molecule has 0 aliphatic carbocycles. The molecule has 24 heavy (non-hydrogen) atoms. The van der Waals surface area contributed by atoms with Crippen molar-refractivity contribution in [2.75, 3.05) is 27.7 Å². The lowest BCUT2D eigenvalue weighted by Gasteiger charge is -2.21. The molecule has 0 aliphatic heterocycles. The molecule has 0 radical (unpaired) electrons. The lowest BCUT2D eigenvalue weighted by atomic mass is 10.1. The molecule has 0 heterocycles. The Morgan fingerprint density at radius 3 is 2.17 bits per heavy atom. The van der Waals surface area contributed by atoms with Crippen LogP contribution in [0.25, 0.3) is 0 Å². The molecule has 0 saturated heterocycles. The SMILES string of the molecule is CC(NC(=O)N(C)CCC(=O)O)c1ccc(S(=O)(=O)N(C)C)cc1. The molecule has 2 N–H and O–H groups in total. The van der Waals surface area contributed by atoms with E-state index < -0.39 is 22.0 Å². The number of benzene rings is 1. The van der Waals surface area contributed by atoms with Crippen LogP contribution in [0.5, 0.6) is 0 Å². The number of carbonyl (C=O) groups excluding carboxylic acids is 1. The molecule has 1 rings (SSSR count). The van der Waals surface area contributed by atoms with Crippen molar-refractivity contribution in [2.45, 2.75) is 24.3 Å². The Hall–Kier alpha value is -2.13. The van der Waals surface area contributed by atoms with E-state index in [0.29, 0.717) is 0 Å². The van der Waals surface area contributed by atoms with E-state index in [1.165, 1.54) is 38.2 Å². The van der Waals surface area contributed by atoms with Crippen LogP contribution < -0.4 is 5.32 Å². The Kier molecular flexibility index (Phi) is 6.73. The number of aliphatic carboxylic acids is 1. The van der Waals surface area contributed by atoms with Crippen LogP contribution in [0.2, 0.25) is 0 Å². The molecule has 1 unspecified atom stereocenters. The molecule has 1 atom stereocenters. The summed E-state index contributed by atoms with van der Waals surface area (Å²) in [7, 11) is 0.937. The van der Waals surface area contributed by atoms with Crippen LogP contribution in [0.3, 0.4) is 0 Å². The van der Waals surface area contributed by atoms with Crippen LogP contribution in [0, 0.1) is 0 Å². The zero-order valence-corrected chi connectivity index (χ0v) is 15.0. The summed E-state index contributed by atoms with van der Waals surface area (Å²) in [6, 6.07) is 5.51. The third-order valence-corrected chi connectivity index (χ3v) is 5.34. The highest BCUT2D eigenvalue weighted by Gasteiger charge is 2.18. The van der Waals surface area contributed by atoms with Gasteiger partial charge in [0.15, 0.2) is 0 Å². The number of nitrogens with one attached hydrogen (secondary N) is 1. The van der Waals surface area contributed by atoms with Gasteiger partial charge in [0.05, 0.1) is 17.4 Å². The summed E-state index contributed by atoms with van der Waals surface area (Å²) in [4.78, 5) is 24.0. The molecule has 1 aromatic rings. The van der Waals surface area contributed by atoms with E-state index >= 15 is 0 Å². The molecule has 8 nitrogen and oxygen atoms in total. The van der Waals surface area contributed by atoms with Gasteiger partial charge in [0.1, 0.15) is 0 Å². The third-order valence-electron chi connectivity index (χ3n) is 3.51. The molecule has 0 fully saturated rings. The smallest absolute Gasteiger partial charge is 0.317 e. The van der Waals surface area contributed by atoms with Gasteiger partial charge in [-0.25, -0.2) is 17.5 Å². The Labute approximate surface area is 142 Å². The second-order valence-electron chi connectivity index (χ2n) is 5.59. The molecule has 0 aliphatic rings. The molecule has 134 valence electrons. The van der Waals surface area contributed by atoms with Gasteiger partial charge in [0.25, 0.3) is 0 Å². The van der Waals surface area contributed by atoms with Crippen LogP contribution in [0.1, 0.15) is 24.9 Å². The first-order valence-electron chi connectivity index (χ1n) is 7.31. The number of carboxylic acids is 1. The standard InChI is InChI=1S/C15H23N3O5S/c1-11(16-15(21)18(4)10-9-14(19)20)12-5-7-13(8-6-12)24(22,23)17(2)3/h5-8,11H,9-10H2,1-4H3,(H,16,21)(H,19,20). The van der Waals surface area contributed by atoms with Crippen LogP contribution in [-0.2, 0) is 14.8 Å². The van der Waals surface area contributed by atoms with Crippen molar-refractivity contribution in [3.8, 4) is 0 Å². The van der Waals surface area contributed by atoms with Gasteiger partial charge in [-0.3, -0.25) is 4.79 Å². The Bertz CT molecular complexity index is 686. The number of sulfonamides is 1. The van der Waals surface area contributed by atoms with Gasteiger partial charge in [-0.2, -0.15) is 0 Å². The molecule has 9 heteroatoms. The Balaban J connectivity index is 2.74. The third kappa shape index (κ3) is 5.20. The number of hydrogen-bond donors (Lipinski definition) is 2. The average Bonchev–Trinajstić information content (AvgIpc) is 2.52. The number of nitrogens with zero attached hydrogens (tertiary/aromatic N) is 2. The minimum absolute atomic E-state index is 0.105. The van der Waals surface area contributed by atoms with Crippen molar-refractivity contribution >= 4 is 22.0 Å². The molecular formula is C15H23N3O5S. The van der Waals surface area contributed by atoms with Gasteiger partial charge in [-0.05, 0) is 24.6 Å². The fraction of sp³-hybridized carbons (Fsp3) is 0.467. The second-order valence-corrected chi connectivity index (χ2v) is 7.74. The molecule has 1 aromatic carbocycles. The van der Waals surface area contributed by atoms with Gasteiger partial charge < -0.3 is 15.3 Å². The molecule has 0 aromatic heterocycles. The van der Waals surface area contributed by atoms with Crippen molar-refractivity contribution in [3.05, 3.63) is 29.8 Å². The van der Waals surface area contributed by atoms with Crippen molar-refractivity contribution < 1.29 is 23.1 Å². The van der Waals surface area contributed by atoms with Crippen molar-refractivity contribution in [1.29, 1.82) is 0 Å². The van der Waals surface area contributed by atoms with Crippen LogP contribution in [0.15, 0.2) is 29.2 Å². The monoisotopic (exact) mass is 357 g/mol. The number of carboxylic acid groups (broad SMARTS) is 1. The van der Waals surface area contributed by atoms with Crippen LogP contribution in [0.4, 0.5) is 4.79 Å². The first kappa shape index (κ1) is 19.9. The van der Waals surface area contributed by atoms with E-state index in [9.17, 15) is 18.0 Å². The number of rotatable bonds is 7. The molecule has 0 saturated carbocycles. The van der Waals surface area contributed by atoms with E-state index in [-0.39, 0.29) is 23.9 Å². The predicted molar refractivity (Wildman–Crippen MR) is 89.1 cm³/mol. The summed E-state index contributed by atoms with van der Waals surface area (Å²) in [5.74, 6) is -0.972. The van der Waals surface area contributed by atoms with Gasteiger partial charge in [0.2, 0.25) is 10.0 Å². The number of carbonyl (C=O) groups is 2. The van der Waals surface area contributed by atoms with Crippen LogP contribution in [-0.4, -0.2) is 62.4 Å². The average molecular weight is 357 g/mol. The van der Waals surface area contributed by atoms with Gasteiger partial charge in [-0.15, -0.1) is 0 Å². The number of hydrogen-bond acceptors (Lipinski definition) is 4. The molecule has 0 spiro atoms. The van der Waals surface area contributed by atoms with Crippen molar-refractivity contribution in [2.24, 2.45) is 0 Å². The predicted octanol–water partition coefficient (Wildman–Crippen LogP) is 1.11. The van der Waals surface area contributed by atoms with E-state index in [0.717, 1.165) is 9.87 Å². The zero-order valence-electron chi connectivity index (χ0n) is 14.2. The second kappa shape index (κ2) is 8.11. The summed E-state index contributed by atoms with van der Waals surface area (Å²) < 4.78 is 25.1. The van der Waals surface area contributed by atoms with E-state index in [1.807, 2.05) is 0 Å². The van der Waals surface area contributed by atoms with E-state index in [1.54, 1.807) is 19.1 Å². The number of amides is 2. The van der Waals surface area contributed by atoms with E-state index in [2.05, 4.69) is 5.32 Å². The molecule has 0 bridgehead atoms. The minimum atomic E-state index is -3.49. The van der Waals surface area contributed by atoms with Crippen molar-refractivity contribution in [3.63, 3.8) is 0 Å². The fourth-order valence-electron chi connectivity index (χ4n) is 1.88. The highest BCUT2D eigenvalue weighted by atomic mass is 32.2. The summed E-state index contributed by atoms with van der Waals surface area (Å²) in [6.07, 6.45) is -0.130. The summed E-state index contributed by atoms with van der Waals surface area (Å²) in [5, 5.41) is 11.4. The van der Waals surface area contributed by atoms with Crippen LogP contribution >= 0.6 is 0 Å². The first-order valence-corrected chi connectivity index (χ1v) is 8.75. The maximum Gasteiger partial charge on any atom is 0.317 e. The zero-order chi connectivity index (χ0) is 18.5. The minimum Gasteiger partial charge on any atom is -0.481 e. The quantitative estimate of drug-likeness (QED) is 0.760. The van der Waals surface area contributed by atoms with Gasteiger partial charge in [0, 0.05) is 27.7 Å². The maximum atomic E-state index is 12.0. The fourth-order valence-corrected chi connectivity index (χ4v) is 2.78. The number of urea groups is 1. The summed E-state index contributed by atoms with van der Waals surface area (Å²) >= 11 is 0. The first-order chi connectivity index (χ1) is 11.1. The Morgan fingerprint density at radius 2 is 1.71 bits per heavy atom. The molecule has 2 amide bonds. The topological polar surface area (TPSA) is 107 Å². The highest BCUT2D eigenvalue weighted by molar-refractivity contribution is 7.89. The lowest BCUT2D eigenvalue weighted by molar-refractivity contribution is -0.137. The summed E-state index contributed by atoms with van der Waals surface area (Å²) in [6.45, 7) is 1.87. The van der Waals surface area contributed by atoms with Crippen molar-refractivity contribution in [1.82, 2.24) is 14.5 Å².